The van der Waals surface area contributed by atoms with Gasteiger partial charge in [-0.25, -0.2) is 13.1 Å². The number of nitrogens with one attached hydrogen (secondary N) is 1. The molecule has 0 amide bonds. The first kappa shape index (κ1) is 16.6. The maximum Gasteiger partial charge on any atom is 0.310 e. The van der Waals surface area contributed by atoms with Gasteiger partial charge in [-0.3, -0.25) is 4.79 Å². The van der Waals surface area contributed by atoms with Crippen molar-refractivity contribution in [2.24, 2.45) is 5.41 Å². The molecule has 7 nitrogen and oxygen atoms in total. The summed E-state index contributed by atoms with van der Waals surface area (Å²) >= 11 is 0. The van der Waals surface area contributed by atoms with Gasteiger partial charge in [0, 0.05) is 12.6 Å². The maximum absolute atomic E-state index is 11.9. The van der Waals surface area contributed by atoms with Crippen molar-refractivity contribution in [1.29, 1.82) is 0 Å². The zero-order valence-electron chi connectivity index (χ0n) is 11.8. The SMILES string of the molecule is CCC(CC)(CNS(=O)(=O)Cc1cc(C)on1)C(=O)O. The summed E-state index contributed by atoms with van der Waals surface area (Å²) in [5, 5.41) is 12.9. The van der Waals surface area contributed by atoms with E-state index in [1.807, 2.05) is 0 Å². The highest BCUT2D eigenvalue weighted by atomic mass is 32.2. The Morgan fingerprint density at radius 2 is 2.05 bits per heavy atom. The van der Waals surface area contributed by atoms with Crippen LogP contribution in [0.5, 0.6) is 0 Å². The van der Waals surface area contributed by atoms with E-state index in [0.717, 1.165) is 0 Å². The highest BCUT2D eigenvalue weighted by Crippen LogP contribution is 2.26. The predicted molar refractivity (Wildman–Crippen MR) is 72.5 cm³/mol. The van der Waals surface area contributed by atoms with Crippen molar-refractivity contribution in [3.8, 4) is 0 Å². The van der Waals surface area contributed by atoms with Gasteiger partial charge in [0.2, 0.25) is 10.0 Å². The van der Waals surface area contributed by atoms with Crippen molar-refractivity contribution in [1.82, 2.24) is 9.88 Å². The molecule has 20 heavy (non-hydrogen) atoms. The Bertz CT molecular complexity index is 560. The lowest BCUT2D eigenvalue weighted by Gasteiger charge is -2.26. The molecule has 0 saturated carbocycles. The number of hydrogen-bond donors (Lipinski definition) is 2. The number of nitrogens with zero attached hydrogens (tertiary/aromatic N) is 1. The van der Waals surface area contributed by atoms with Gasteiger partial charge >= 0.3 is 5.97 Å². The van der Waals surface area contributed by atoms with E-state index in [-0.39, 0.29) is 12.3 Å². The van der Waals surface area contributed by atoms with Crippen LogP contribution in [0.1, 0.15) is 38.1 Å². The first-order chi connectivity index (χ1) is 9.24. The molecule has 0 fully saturated rings. The third-order valence-corrected chi connectivity index (χ3v) is 4.71. The molecule has 0 spiro atoms. The van der Waals surface area contributed by atoms with Crippen molar-refractivity contribution < 1.29 is 22.8 Å². The summed E-state index contributed by atoms with van der Waals surface area (Å²) < 4.78 is 31.0. The molecule has 1 heterocycles. The highest BCUT2D eigenvalue weighted by molar-refractivity contribution is 7.88. The topological polar surface area (TPSA) is 110 Å². The molecule has 1 rings (SSSR count). The molecule has 8 heteroatoms. The molecular formula is C12H20N2O5S. The lowest BCUT2D eigenvalue weighted by Crippen LogP contribution is -2.42. The van der Waals surface area contributed by atoms with Crippen molar-refractivity contribution >= 4 is 16.0 Å². The van der Waals surface area contributed by atoms with Crippen molar-refractivity contribution in [2.75, 3.05) is 6.54 Å². The third kappa shape index (κ3) is 4.04. The van der Waals surface area contributed by atoms with Gasteiger partial charge in [0.05, 0.1) is 5.41 Å². The summed E-state index contributed by atoms with van der Waals surface area (Å²) in [5.41, 5.74) is -0.781. The van der Waals surface area contributed by atoms with Crippen molar-refractivity contribution in [3.63, 3.8) is 0 Å². The molecule has 0 atom stereocenters. The molecule has 0 aliphatic carbocycles. The fourth-order valence-electron chi connectivity index (χ4n) is 1.86. The summed E-state index contributed by atoms with van der Waals surface area (Å²) in [6, 6.07) is 1.53. The summed E-state index contributed by atoms with van der Waals surface area (Å²) in [7, 11) is -3.64. The van der Waals surface area contributed by atoms with Crippen LogP contribution in [0.15, 0.2) is 10.6 Å². The lowest BCUT2D eigenvalue weighted by molar-refractivity contribution is -0.149. The van der Waals surface area contributed by atoms with Crippen LogP contribution in [0.3, 0.4) is 0 Å². The maximum atomic E-state index is 11.9. The number of carbonyl (C=O) groups is 1. The highest BCUT2D eigenvalue weighted by Gasteiger charge is 2.36. The van der Waals surface area contributed by atoms with Gasteiger partial charge in [0.15, 0.2) is 0 Å². The number of rotatable bonds is 8. The van der Waals surface area contributed by atoms with E-state index >= 15 is 0 Å². The Balaban J connectivity index is 2.74. The Hall–Kier alpha value is -1.41. The van der Waals surface area contributed by atoms with Crippen molar-refractivity contribution in [2.45, 2.75) is 39.4 Å². The van der Waals surface area contributed by atoms with E-state index in [4.69, 9.17) is 4.52 Å². The standard InChI is InChI=1S/C12H20N2O5S/c1-4-12(5-2,11(15)16)8-13-20(17,18)7-10-6-9(3)19-14-10/h6,13H,4-5,7-8H2,1-3H3,(H,15,16). The van der Waals surface area contributed by atoms with Crippen LogP contribution in [-0.2, 0) is 20.6 Å². The number of carboxylic acids is 1. The van der Waals surface area contributed by atoms with Gasteiger partial charge in [0.1, 0.15) is 17.2 Å². The summed E-state index contributed by atoms with van der Waals surface area (Å²) in [4.78, 5) is 11.3. The van der Waals surface area contributed by atoms with Crippen LogP contribution in [-0.4, -0.2) is 31.2 Å². The second-order valence-electron chi connectivity index (χ2n) is 4.80. The van der Waals surface area contributed by atoms with Gasteiger partial charge in [-0.05, 0) is 19.8 Å². The third-order valence-electron chi connectivity index (χ3n) is 3.45. The van der Waals surface area contributed by atoms with Crippen molar-refractivity contribution in [3.05, 3.63) is 17.5 Å². The van der Waals surface area contributed by atoms with Gasteiger partial charge in [-0.2, -0.15) is 0 Å². The molecule has 1 aromatic heterocycles. The van der Waals surface area contributed by atoms with E-state index in [9.17, 15) is 18.3 Å². The molecule has 2 N–H and O–H groups in total. The minimum atomic E-state index is -3.64. The minimum absolute atomic E-state index is 0.130. The van der Waals surface area contributed by atoms with E-state index in [1.165, 1.54) is 6.07 Å². The molecule has 0 radical (unpaired) electrons. The molecule has 1 aromatic rings. The van der Waals surface area contributed by atoms with Gasteiger partial charge in [0.25, 0.3) is 0 Å². The minimum Gasteiger partial charge on any atom is -0.481 e. The van der Waals surface area contributed by atoms with Crippen LogP contribution < -0.4 is 4.72 Å². The quantitative estimate of drug-likeness (QED) is 0.749. The van der Waals surface area contributed by atoms with Gasteiger partial charge in [-0.1, -0.05) is 19.0 Å². The Labute approximate surface area is 118 Å². The zero-order valence-corrected chi connectivity index (χ0v) is 12.7. The van der Waals surface area contributed by atoms with Crippen LogP contribution in [0.4, 0.5) is 0 Å². The first-order valence-electron chi connectivity index (χ1n) is 6.37. The van der Waals surface area contributed by atoms with E-state index in [0.29, 0.717) is 24.3 Å². The number of hydrogen-bond acceptors (Lipinski definition) is 5. The van der Waals surface area contributed by atoms with Crippen LogP contribution in [0.2, 0.25) is 0 Å². The van der Waals surface area contributed by atoms with E-state index in [2.05, 4.69) is 9.88 Å². The fourth-order valence-corrected chi connectivity index (χ4v) is 2.98. The number of aliphatic carboxylic acids is 1. The zero-order chi connectivity index (χ0) is 15.4. The number of aryl methyl sites for hydroxylation is 1. The van der Waals surface area contributed by atoms with Crippen LogP contribution in [0.25, 0.3) is 0 Å². The molecule has 114 valence electrons. The van der Waals surface area contributed by atoms with E-state index in [1.54, 1.807) is 20.8 Å². The second kappa shape index (κ2) is 6.36. The molecular weight excluding hydrogens is 284 g/mol. The lowest BCUT2D eigenvalue weighted by atomic mass is 9.83. The monoisotopic (exact) mass is 304 g/mol. The van der Waals surface area contributed by atoms with Crippen LogP contribution in [0, 0.1) is 12.3 Å². The molecule has 0 unspecified atom stereocenters. The summed E-state index contributed by atoms with van der Waals surface area (Å²) in [6.45, 7) is 4.99. The van der Waals surface area contributed by atoms with Gasteiger partial charge < -0.3 is 9.63 Å². The molecule has 0 aliphatic rings. The molecule has 0 aromatic carbocycles. The fraction of sp³-hybridized carbons (Fsp3) is 0.667. The number of aromatic nitrogens is 1. The number of carboxylic acid groups (broad SMARTS) is 1. The first-order valence-corrected chi connectivity index (χ1v) is 8.03. The Morgan fingerprint density at radius 3 is 2.45 bits per heavy atom. The average Bonchev–Trinajstić information content (AvgIpc) is 2.75. The van der Waals surface area contributed by atoms with Gasteiger partial charge in [-0.15, -0.1) is 0 Å². The number of sulfonamides is 1. The average molecular weight is 304 g/mol. The summed E-state index contributed by atoms with van der Waals surface area (Å²) in [5.74, 6) is -0.798. The Kier molecular flexibility index (Phi) is 5.29. The largest absolute Gasteiger partial charge is 0.481 e. The van der Waals surface area contributed by atoms with Crippen LogP contribution >= 0.6 is 0 Å². The molecule has 0 saturated heterocycles. The Morgan fingerprint density at radius 1 is 1.45 bits per heavy atom. The molecule has 0 aliphatic heterocycles. The normalized spacial score (nSPS) is 12.6. The summed E-state index contributed by atoms with van der Waals surface area (Å²) in [6.07, 6.45) is 0.703. The predicted octanol–water partition coefficient (Wildman–Crippen LogP) is 1.29. The smallest absolute Gasteiger partial charge is 0.310 e. The molecule has 0 bridgehead atoms. The van der Waals surface area contributed by atoms with E-state index < -0.39 is 21.4 Å². The second-order valence-corrected chi connectivity index (χ2v) is 6.61.